The van der Waals surface area contributed by atoms with Gasteiger partial charge in [-0.3, -0.25) is 0 Å². The Bertz CT molecular complexity index is 1160. The molecule has 0 bridgehead atoms. The zero-order chi connectivity index (χ0) is 19.7. The van der Waals surface area contributed by atoms with Crippen LogP contribution in [-0.4, -0.2) is 17.9 Å². The fourth-order valence-electron chi connectivity index (χ4n) is 2.81. The van der Waals surface area contributed by atoms with Crippen LogP contribution in [0.3, 0.4) is 0 Å². The zero-order valence-electron chi connectivity index (χ0n) is 14.3. The normalized spacial score (nSPS) is 12.6. The number of rotatable bonds is 4. The summed E-state index contributed by atoms with van der Waals surface area (Å²) in [6, 6.07) is 15.4. The topological polar surface area (TPSA) is 92.7 Å². The molecule has 0 spiro atoms. The molecule has 6 nitrogen and oxygen atoms in total. The van der Waals surface area contributed by atoms with Gasteiger partial charge in [-0.25, -0.2) is 4.79 Å². The Balaban J connectivity index is 1.66. The predicted molar refractivity (Wildman–Crippen MR) is 102 cm³/mol. The van der Waals surface area contributed by atoms with E-state index in [0.717, 1.165) is 0 Å². The number of allylic oxidation sites excluding steroid dienone is 1. The average molecular weight is 394 g/mol. The molecular formula is C21H12ClNO5. The van der Waals surface area contributed by atoms with Gasteiger partial charge in [-0.2, -0.15) is 5.26 Å². The number of carbonyl (C=O) groups is 1. The first-order chi connectivity index (χ1) is 13.5. The van der Waals surface area contributed by atoms with Crippen LogP contribution in [0.5, 0.6) is 11.5 Å². The molecule has 0 saturated heterocycles. The molecule has 0 atom stereocenters. The highest BCUT2D eigenvalue weighted by Gasteiger charge is 2.16. The van der Waals surface area contributed by atoms with Gasteiger partial charge in [-0.1, -0.05) is 11.6 Å². The van der Waals surface area contributed by atoms with Crippen LogP contribution in [0.15, 0.2) is 52.9 Å². The number of carboxylic acid groups (broad SMARTS) is 1. The van der Waals surface area contributed by atoms with Crippen LogP contribution in [0.25, 0.3) is 23.0 Å². The largest absolute Gasteiger partial charge is 0.478 e. The van der Waals surface area contributed by atoms with Crippen molar-refractivity contribution in [3.8, 4) is 28.9 Å². The lowest BCUT2D eigenvalue weighted by molar-refractivity contribution is 0.0697. The van der Waals surface area contributed by atoms with E-state index in [1.165, 1.54) is 12.1 Å². The second-order valence-electron chi connectivity index (χ2n) is 5.94. The maximum absolute atomic E-state index is 11.3. The molecule has 0 radical (unpaired) electrons. The molecule has 1 aromatic heterocycles. The van der Waals surface area contributed by atoms with Crippen LogP contribution in [0.4, 0.5) is 0 Å². The van der Waals surface area contributed by atoms with Crippen LogP contribution in [0, 0.1) is 11.3 Å². The maximum atomic E-state index is 11.3. The number of nitriles is 1. The van der Waals surface area contributed by atoms with Gasteiger partial charge in [0.05, 0.1) is 22.2 Å². The van der Waals surface area contributed by atoms with Crippen molar-refractivity contribution in [1.29, 1.82) is 5.26 Å². The zero-order valence-corrected chi connectivity index (χ0v) is 15.1. The summed E-state index contributed by atoms with van der Waals surface area (Å²) in [5.74, 6) is 1.02. The van der Waals surface area contributed by atoms with Gasteiger partial charge in [0.15, 0.2) is 11.5 Å². The first-order valence-corrected chi connectivity index (χ1v) is 8.58. The first-order valence-electron chi connectivity index (χ1n) is 8.20. The quantitative estimate of drug-likeness (QED) is 0.620. The lowest BCUT2D eigenvalue weighted by atomic mass is 10.1. The van der Waals surface area contributed by atoms with Crippen LogP contribution in [0.2, 0.25) is 5.02 Å². The number of aromatic carboxylic acids is 1. The number of furan rings is 1. The third-order valence-corrected chi connectivity index (χ3v) is 4.53. The molecule has 7 heteroatoms. The van der Waals surface area contributed by atoms with Gasteiger partial charge in [0.1, 0.15) is 11.5 Å². The fraction of sp³-hybridized carbons (Fsp3) is 0.0476. The SMILES string of the molecule is N#CC(=Cc1ccc(-c2ccc(Cl)c(C(=O)O)c2)o1)c1ccc2c(c1)OCO2. The van der Waals surface area contributed by atoms with E-state index in [1.807, 2.05) is 0 Å². The fourth-order valence-corrected chi connectivity index (χ4v) is 3.01. The van der Waals surface area contributed by atoms with Crippen LogP contribution in [0.1, 0.15) is 21.7 Å². The molecule has 138 valence electrons. The van der Waals surface area contributed by atoms with Gasteiger partial charge in [0.2, 0.25) is 6.79 Å². The molecule has 0 unspecified atom stereocenters. The van der Waals surface area contributed by atoms with Crippen molar-refractivity contribution in [1.82, 2.24) is 0 Å². The Labute approximate surface area is 164 Å². The van der Waals surface area contributed by atoms with E-state index in [-0.39, 0.29) is 17.4 Å². The highest BCUT2D eigenvalue weighted by atomic mass is 35.5. The van der Waals surface area contributed by atoms with E-state index in [2.05, 4.69) is 6.07 Å². The van der Waals surface area contributed by atoms with E-state index < -0.39 is 5.97 Å². The molecular weight excluding hydrogens is 382 g/mol. The summed E-state index contributed by atoms with van der Waals surface area (Å²) in [7, 11) is 0. The molecule has 2 aromatic carbocycles. The van der Waals surface area contributed by atoms with Gasteiger partial charge in [-0.15, -0.1) is 0 Å². The lowest BCUT2D eigenvalue weighted by Crippen LogP contribution is -1.97. The molecule has 1 aliphatic rings. The molecule has 2 heterocycles. The molecule has 3 aromatic rings. The van der Waals surface area contributed by atoms with Crippen molar-refractivity contribution in [3.63, 3.8) is 0 Å². The third kappa shape index (κ3) is 3.31. The average Bonchev–Trinajstić information content (AvgIpc) is 3.35. The Morgan fingerprint density at radius 1 is 1.11 bits per heavy atom. The molecule has 0 amide bonds. The van der Waals surface area contributed by atoms with Crippen LogP contribution < -0.4 is 9.47 Å². The van der Waals surface area contributed by atoms with Crippen LogP contribution in [-0.2, 0) is 0 Å². The highest BCUT2D eigenvalue weighted by molar-refractivity contribution is 6.33. The number of hydrogen-bond donors (Lipinski definition) is 1. The van der Waals surface area contributed by atoms with Gasteiger partial charge in [0, 0.05) is 5.56 Å². The second-order valence-corrected chi connectivity index (χ2v) is 6.35. The van der Waals surface area contributed by atoms with Crippen molar-refractivity contribution in [2.24, 2.45) is 0 Å². The summed E-state index contributed by atoms with van der Waals surface area (Å²) < 4.78 is 16.4. The number of nitrogens with zero attached hydrogens (tertiary/aromatic N) is 1. The molecule has 1 N–H and O–H groups in total. The number of ether oxygens (including phenoxy) is 2. The van der Waals surface area contributed by atoms with E-state index in [9.17, 15) is 15.2 Å². The summed E-state index contributed by atoms with van der Waals surface area (Å²) >= 11 is 5.90. The Kier molecular flexibility index (Phi) is 4.52. The van der Waals surface area contributed by atoms with Gasteiger partial charge in [-0.05, 0) is 60.2 Å². The van der Waals surface area contributed by atoms with E-state index >= 15 is 0 Å². The molecule has 1 aliphatic heterocycles. The molecule has 28 heavy (non-hydrogen) atoms. The second kappa shape index (κ2) is 7.14. The predicted octanol–water partition coefficient (Wildman–Crippen LogP) is 5.09. The molecule has 4 rings (SSSR count). The smallest absolute Gasteiger partial charge is 0.337 e. The summed E-state index contributed by atoms with van der Waals surface area (Å²) in [4.78, 5) is 11.3. The van der Waals surface area contributed by atoms with Crippen molar-refractivity contribution in [2.45, 2.75) is 0 Å². The van der Waals surface area contributed by atoms with Gasteiger partial charge >= 0.3 is 5.97 Å². The summed E-state index contributed by atoms with van der Waals surface area (Å²) in [5, 5.41) is 18.9. The maximum Gasteiger partial charge on any atom is 0.337 e. The molecule has 0 aliphatic carbocycles. The number of halogens is 1. The molecule has 0 fully saturated rings. The van der Waals surface area contributed by atoms with Gasteiger partial charge in [0.25, 0.3) is 0 Å². The van der Waals surface area contributed by atoms with Gasteiger partial charge < -0.3 is 19.0 Å². The summed E-state index contributed by atoms with van der Waals surface area (Å²) in [6.45, 7) is 0.158. The van der Waals surface area contributed by atoms with Crippen LogP contribution >= 0.6 is 11.6 Å². The summed E-state index contributed by atoms with van der Waals surface area (Å²) in [5.41, 5.74) is 1.62. The standard InChI is InChI=1S/C21H12ClNO5/c22-17-4-1-13(8-16(17)21(24)25)18-6-3-15(28-18)7-14(10-23)12-2-5-19-20(9-12)27-11-26-19/h1-9H,11H2,(H,24,25). The number of hydrogen-bond acceptors (Lipinski definition) is 5. The number of carboxylic acids is 1. The Morgan fingerprint density at radius 2 is 1.93 bits per heavy atom. The highest BCUT2D eigenvalue weighted by Crippen LogP contribution is 2.35. The lowest BCUT2D eigenvalue weighted by Gasteiger charge is -2.02. The van der Waals surface area contributed by atoms with Crippen molar-refractivity contribution in [2.75, 3.05) is 6.79 Å². The van der Waals surface area contributed by atoms with Crippen molar-refractivity contribution in [3.05, 3.63) is 70.4 Å². The first kappa shape index (κ1) is 17.7. The molecule has 0 saturated carbocycles. The van der Waals surface area contributed by atoms with E-state index in [0.29, 0.717) is 39.7 Å². The van der Waals surface area contributed by atoms with E-state index in [4.69, 9.17) is 25.5 Å². The number of benzene rings is 2. The monoisotopic (exact) mass is 393 g/mol. The minimum atomic E-state index is -1.12. The van der Waals surface area contributed by atoms with Crippen molar-refractivity contribution < 1.29 is 23.8 Å². The van der Waals surface area contributed by atoms with E-state index in [1.54, 1.807) is 42.5 Å². The van der Waals surface area contributed by atoms with Crippen molar-refractivity contribution >= 4 is 29.2 Å². The summed E-state index contributed by atoms with van der Waals surface area (Å²) in [6.07, 6.45) is 1.61. The minimum Gasteiger partial charge on any atom is -0.478 e. The minimum absolute atomic E-state index is 0.00858. The Morgan fingerprint density at radius 3 is 2.71 bits per heavy atom. The third-order valence-electron chi connectivity index (χ3n) is 4.20. The Hall–Kier alpha value is -3.69. The number of fused-ring (bicyclic) bond motifs is 1.